The molecule has 1 rings (SSSR count). The highest BCUT2D eigenvalue weighted by molar-refractivity contribution is 5.78. The molecular weight excluding hydrogens is 216 g/mol. The van der Waals surface area contributed by atoms with Gasteiger partial charge in [-0.25, -0.2) is 0 Å². The lowest BCUT2D eigenvalue weighted by Gasteiger charge is -2.07. The number of carbonyl (C=O) groups is 1. The SMILES string of the molecule is CC(N)CCCNC(=O)Cc1cccc(O)c1. The summed E-state index contributed by atoms with van der Waals surface area (Å²) in [7, 11) is 0. The third kappa shape index (κ3) is 5.92. The molecule has 17 heavy (non-hydrogen) atoms. The molecule has 0 heterocycles. The van der Waals surface area contributed by atoms with E-state index in [9.17, 15) is 9.90 Å². The van der Waals surface area contributed by atoms with E-state index in [0.717, 1.165) is 18.4 Å². The normalized spacial score (nSPS) is 12.1. The Hall–Kier alpha value is -1.55. The smallest absolute Gasteiger partial charge is 0.224 e. The van der Waals surface area contributed by atoms with Gasteiger partial charge in [0.15, 0.2) is 0 Å². The van der Waals surface area contributed by atoms with Crippen molar-refractivity contribution >= 4 is 5.91 Å². The Morgan fingerprint density at radius 1 is 1.53 bits per heavy atom. The number of hydrogen-bond acceptors (Lipinski definition) is 3. The van der Waals surface area contributed by atoms with Gasteiger partial charge in [0.1, 0.15) is 5.75 Å². The molecule has 4 heteroatoms. The summed E-state index contributed by atoms with van der Waals surface area (Å²) in [6.45, 7) is 2.60. The molecule has 0 spiro atoms. The number of nitrogens with two attached hydrogens (primary N) is 1. The molecule has 0 aromatic heterocycles. The van der Waals surface area contributed by atoms with Gasteiger partial charge < -0.3 is 16.2 Å². The van der Waals surface area contributed by atoms with Crippen molar-refractivity contribution in [2.75, 3.05) is 6.54 Å². The Bertz CT molecular complexity index is 364. The summed E-state index contributed by atoms with van der Waals surface area (Å²) in [5.41, 5.74) is 6.42. The monoisotopic (exact) mass is 236 g/mol. The molecule has 0 saturated carbocycles. The number of nitrogens with one attached hydrogen (secondary N) is 1. The van der Waals surface area contributed by atoms with E-state index in [1.807, 2.05) is 13.0 Å². The van der Waals surface area contributed by atoms with Crippen LogP contribution in [0.5, 0.6) is 5.75 Å². The first-order valence-electron chi connectivity index (χ1n) is 5.88. The first kappa shape index (κ1) is 13.5. The third-order valence-electron chi connectivity index (χ3n) is 2.43. The van der Waals surface area contributed by atoms with Gasteiger partial charge in [0.25, 0.3) is 0 Å². The first-order chi connectivity index (χ1) is 8.08. The van der Waals surface area contributed by atoms with Crippen LogP contribution < -0.4 is 11.1 Å². The molecule has 1 aromatic rings. The maximum absolute atomic E-state index is 11.5. The molecule has 0 aliphatic rings. The van der Waals surface area contributed by atoms with Crippen molar-refractivity contribution in [3.05, 3.63) is 29.8 Å². The molecule has 4 N–H and O–H groups in total. The predicted molar refractivity (Wildman–Crippen MR) is 67.7 cm³/mol. The zero-order valence-electron chi connectivity index (χ0n) is 10.1. The van der Waals surface area contributed by atoms with E-state index in [-0.39, 0.29) is 17.7 Å². The maximum Gasteiger partial charge on any atom is 0.224 e. The molecule has 0 aliphatic carbocycles. The molecule has 1 aromatic carbocycles. The minimum Gasteiger partial charge on any atom is -0.508 e. The second kappa shape index (κ2) is 6.91. The molecule has 1 atom stereocenters. The van der Waals surface area contributed by atoms with E-state index in [2.05, 4.69) is 5.32 Å². The minimum atomic E-state index is -0.0275. The van der Waals surface area contributed by atoms with Crippen molar-refractivity contribution in [3.63, 3.8) is 0 Å². The van der Waals surface area contributed by atoms with Crippen LogP contribution in [0.15, 0.2) is 24.3 Å². The van der Waals surface area contributed by atoms with Gasteiger partial charge >= 0.3 is 0 Å². The van der Waals surface area contributed by atoms with E-state index in [0.29, 0.717) is 13.0 Å². The summed E-state index contributed by atoms with van der Waals surface area (Å²) in [6.07, 6.45) is 2.10. The van der Waals surface area contributed by atoms with Gasteiger partial charge in [0.2, 0.25) is 5.91 Å². The van der Waals surface area contributed by atoms with Gasteiger partial charge in [-0.05, 0) is 37.5 Å². The third-order valence-corrected chi connectivity index (χ3v) is 2.43. The average Bonchev–Trinajstić information content (AvgIpc) is 2.24. The summed E-state index contributed by atoms with van der Waals surface area (Å²) in [5, 5.41) is 12.1. The van der Waals surface area contributed by atoms with Crippen LogP contribution in [0.1, 0.15) is 25.3 Å². The van der Waals surface area contributed by atoms with Crippen LogP contribution in [0.3, 0.4) is 0 Å². The maximum atomic E-state index is 11.5. The highest BCUT2D eigenvalue weighted by Crippen LogP contribution is 2.11. The molecule has 1 amide bonds. The summed E-state index contributed by atoms with van der Waals surface area (Å²) < 4.78 is 0. The van der Waals surface area contributed by atoms with Crippen molar-refractivity contribution in [3.8, 4) is 5.75 Å². The Balaban J connectivity index is 2.25. The van der Waals surface area contributed by atoms with E-state index in [1.165, 1.54) is 0 Å². The number of phenols is 1. The van der Waals surface area contributed by atoms with E-state index < -0.39 is 0 Å². The number of benzene rings is 1. The van der Waals surface area contributed by atoms with Crippen molar-refractivity contribution in [2.45, 2.75) is 32.2 Å². The minimum absolute atomic E-state index is 0.0275. The quantitative estimate of drug-likeness (QED) is 0.649. The molecule has 4 nitrogen and oxygen atoms in total. The largest absolute Gasteiger partial charge is 0.508 e. The lowest BCUT2D eigenvalue weighted by atomic mass is 10.1. The highest BCUT2D eigenvalue weighted by Gasteiger charge is 2.03. The topological polar surface area (TPSA) is 75.3 Å². The van der Waals surface area contributed by atoms with Crippen molar-refractivity contribution in [1.29, 1.82) is 0 Å². The fraction of sp³-hybridized carbons (Fsp3) is 0.462. The second-order valence-electron chi connectivity index (χ2n) is 4.32. The lowest BCUT2D eigenvalue weighted by Crippen LogP contribution is -2.27. The van der Waals surface area contributed by atoms with Gasteiger partial charge in [0, 0.05) is 12.6 Å². The van der Waals surface area contributed by atoms with Gasteiger partial charge in [-0.2, -0.15) is 0 Å². The van der Waals surface area contributed by atoms with Crippen LogP contribution in [-0.4, -0.2) is 23.6 Å². The summed E-state index contributed by atoms with van der Waals surface area (Å²) in [5.74, 6) is 0.160. The summed E-state index contributed by atoms with van der Waals surface area (Å²) >= 11 is 0. The number of amides is 1. The highest BCUT2D eigenvalue weighted by atomic mass is 16.3. The number of rotatable bonds is 6. The Morgan fingerprint density at radius 3 is 2.94 bits per heavy atom. The van der Waals surface area contributed by atoms with Crippen LogP contribution in [-0.2, 0) is 11.2 Å². The fourth-order valence-electron chi connectivity index (χ4n) is 1.57. The second-order valence-corrected chi connectivity index (χ2v) is 4.32. The van der Waals surface area contributed by atoms with Gasteiger partial charge in [-0.3, -0.25) is 4.79 Å². The van der Waals surface area contributed by atoms with E-state index in [1.54, 1.807) is 18.2 Å². The molecule has 1 unspecified atom stereocenters. The summed E-state index contributed by atoms with van der Waals surface area (Å²) in [6, 6.07) is 6.92. The molecular formula is C13H20N2O2. The Morgan fingerprint density at radius 2 is 2.29 bits per heavy atom. The van der Waals surface area contributed by atoms with Crippen molar-refractivity contribution in [1.82, 2.24) is 5.32 Å². The number of carbonyl (C=O) groups excluding carboxylic acids is 1. The average molecular weight is 236 g/mol. The number of phenolic OH excluding ortho intramolecular Hbond substituents is 1. The van der Waals surface area contributed by atoms with E-state index >= 15 is 0 Å². The van der Waals surface area contributed by atoms with Gasteiger partial charge in [-0.1, -0.05) is 12.1 Å². The van der Waals surface area contributed by atoms with Crippen LogP contribution in [0.2, 0.25) is 0 Å². The molecule has 0 bridgehead atoms. The van der Waals surface area contributed by atoms with Gasteiger partial charge in [-0.15, -0.1) is 0 Å². The molecule has 0 radical (unpaired) electrons. The molecule has 0 saturated heterocycles. The molecule has 0 fully saturated rings. The fourth-order valence-corrected chi connectivity index (χ4v) is 1.57. The Kier molecular flexibility index (Phi) is 5.49. The molecule has 94 valence electrons. The first-order valence-corrected chi connectivity index (χ1v) is 5.88. The zero-order chi connectivity index (χ0) is 12.7. The Labute approximate surface area is 102 Å². The van der Waals surface area contributed by atoms with E-state index in [4.69, 9.17) is 5.73 Å². The standard InChI is InChI=1S/C13H20N2O2/c1-10(14)4-3-7-15-13(17)9-11-5-2-6-12(16)8-11/h2,5-6,8,10,16H,3-4,7,9,14H2,1H3,(H,15,17). The van der Waals surface area contributed by atoms with Crippen LogP contribution in [0.4, 0.5) is 0 Å². The van der Waals surface area contributed by atoms with Crippen molar-refractivity contribution < 1.29 is 9.90 Å². The predicted octanol–water partition coefficient (Wildman–Crippen LogP) is 1.18. The van der Waals surface area contributed by atoms with Crippen LogP contribution in [0, 0.1) is 0 Å². The number of aromatic hydroxyl groups is 1. The van der Waals surface area contributed by atoms with Crippen LogP contribution in [0.25, 0.3) is 0 Å². The van der Waals surface area contributed by atoms with Gasteiger partial charge in [0.05, 0.1) is 6.42 Å². The van der Waals surface area contributed by atoms with Crippen LogP contribution >= 0.6 is 0 Å². The number of hydrogen-bond donors (Lipinski definition) is 3. The summed E-state index contributed by atoms with van der Waals surface area (Å²) in [4.78, 5) is 11.5. The zero-order valence-corrected chi connectivity index (χ0v) is 10.1. The van der Waals surface area contributed by atoms with Crippen molar-refractivity contribution in [2.24, 2.45) is 5.73 Å². The lowest BCUT2D eigenvalue weighted by molar-refractivity contribution is -0.120. The molecule has 0 aliphatic heterocycles.